The maximum atomic E-state index is 13.4. The Morgan fingerprint density at radius 1 is 0.889 bits per heavy atom. The van der Waals surface area contributed by atoms with Crippen molar-refractivity contribution in [1.29, 1.82) is 0 Å². The first-order valence-electron chi connectivity index (χ1n) is 12.1. The molecule has 8 heteroatoms. The highest BCUT2D eigenvalue weighted by Gasteiger charge is 2.47. The number of ketones is 1. The summed E-state index contributed by atoms with van der Waals surface area (Å²) in [5, 5.41) is 11.3. The number of hydrogen-bond donors (Lipinski definition) is 1. The molecule has 1 unspecified atom stereocenters. The molecule has 2 fully saturated rings. The van der Waals surface area contributed by atoms with E-state index in [0.717, 1.165) is 31.6 Å². The first-order chi connectivity index (χ1) is 17.6. The number of amides is 1. The molecule has 8 nitrogen and oxygen atoms in total. The summed E-state index contributed by atoms with van der Waals surface area (Å²) < 4.78 is 10.8. The largest absolute Gasteiger partial charge is 0.507 e. The number of piperidine rings is 1. The molecule has 0 saturated carbocycles. The van der Waals surface area contributed by atoms with Gasteiger partial charge in [0, 0.05) is 36.2 Å². The molecule has 1 atom stereocenters. The molecule has 1 amide bonds. The summed E-state index contributed by atoms with van der Waals surface area (Å²) in [7, 11) is 0. The molecule has 2 saturated heterocycles. The highest BCUT2D eigenvalue weighted by molar-refractivity contribution is 6.51. The number of nitrogens with zero attached hydrogens (tertiary/aromatic N) is 3. The zero-order valence-corrected chi connectivity index (χ0v) is 19.6. The first-order valence-corrected chi connectivity index (χ1v) is 12.1. The molecule has 4 heterocycles. The second-order valence-corrected chi connectivity index (χ2v) is 9.06. The van der Waals surface area contributed by atoms with Crippen LogP contribution < -0.4 is 19.3 Å². The van der Waals surface area contributed by atoms with E-state index in [4.69, 9.17) is 9.47 Å². The van der Waals surface area contributed by atoms with E-state index < -0.39 is 17.7 Å². The van der Waals surface area contributed by atoms with Crippen molar-refractivity contribution in [3.63, 3.8) is 0 Å². The highest BCUT2D eigenvalue weighted by Crippen LogP contribution is 2.43. The Bertz CT molecular complexity index is 1350. The zero-order chi connectivity index (χ0) is 24.6. The van der Waals surface area contributed by atoms with Gasteiger partial charge in [0.05, 0.1) is 11.3 Å². The van der Waals surface area contributed by atoms with Gasteiger partial charge >= 0.3 is 0 Å². The number of pyridine rings is 1. The van der Waals surface area contributed by atoms with Crippen LogP contribution >= 0.6 is 0 Å². The lowest BCUT2D eigenvalue weighted by Gasteiger charge is -2.30. The van der Waals surface area contributed by atoms with E-state index in [1.807, 2.05) is 24.3 Å². The Hall–Kier alpha value is -4.33. The van der Waals surface area contributed by atoms with Crippen molar-refractivity contribution in [1.82, 2.24) is 4.98 Å². The molecule has 0 aliphatic carbocycles. The van der Waals surface area contributed by atoms with Crippen LogP contribution in [0.2, 0.25) is 0 Å². The number of carbonyl (C=O) groups is 2. The van der Waals surface area contributed by atoms with Crippen LogP contribution in [0.15, 0.2) is 72.4 Å². The predicted octanol–water partition coefficient (Wildman–Crippen LogP) is 4.43. The Morgan fingerprint density at radius 3 is 2.39 bits per heavy atom. The number of ether oxygens (including phenoxy) is 2. The van der Waals surface area contributed by atoms with Gasteiger partial charge in [-0.1, -0.05) is 6.07 Å². The summed E-state index contributed by atoms with van der Waals surface area (Å²) in [5.74, 6) is -0.729. The number of anilines is 2. The monoisotopic (exact) mass is 483 g/mol. The van der Waals surface area contributed by atoms with Crippen molar-refractivity contribution >= 4 is 28.8 Å². The lowest BCUT2D eigenvalue weighted by Crippen LogP contribution is -2.31. The fourth-order valence-electron chi connectivity index (χ4n) is 5.09. The smallest absolute Gasteiger partial charge is 0.300 e. The number of hydrogen-bond acceptors (Lipinski definition) is 7. The van der Waals surface area contributed by atoms with Crippen molar-refractivity contribution in [2.45, 2.75) is 25.3 Å². The minimum absolute atomic E-state index is 0.0160. The summed E-state index contributed by atoms with van der Waals surface area (Å²) in [6.07, 6.45) is 5.17. The Balaban J connectivity index is 1.43. The second-order valence-electron chi connectivity index (χ2n) is 9.06. The Morgan fingerprint density at radius 2 is 1.64 bits per heavy atom. The van der Waals surface area contributed by atoms with Crippen LogP contribution in [0.25, 0.3) is 5.76 Å². The predicted molar refractivity (Wildman–Crippen MR) is 134 cm³/mol. The first kappa shape index (κ1) is 22.2. The molecule has 0 bridgehead atoms. The van der Waals surface area contributed by atoms with Gasteiger partial charge in [0.2, 0.25) is 6.79 Å². The summed E-state index contributed by atoms with van der Waals surface area (Å²) in [6, 6.07) is 17.0. The molecule has 182 valence electrons. The van der Waals surface area contributed by atoms with Gasteiger partial charge in [-0.2, -0.15) is 0 Å². The number of carbonyl (C=O) groups excluding carboxylic acids is 2. The van der Waals surface area contributed by atoms with Gasteiger partial charge < -0.3 is 19.5 Å². The van der Waals surface area contributed by atoms with Crippen LogP contribution in [0.1, 0.15) is 36.6 Å². The standard InChI is InChI=1S/C28H25N3O5/c32-26(18-7-12-22-23(16-18)36-17-35-22)24-25(21-6-2-3-13-29-21)31(28(34)27(24)33)20-10-8-19(9-11-20)30-14-4-1-5-15-30/h2-3,6-13,16,25,32H,1,4-5,14-15,17H2/b26-24-. The Labute approximate surface area is 208 Å². The van der Waals surface area contributed by atoms with Crippen LogP contribution in [0.5, 0.6) is 11.5 Å². The van der Waals surface area contributed by atoms with E-state index in [2.05, 4.69) is 9.88 Å². The molecule has 2 aromatic carbocycles. The topological polar surface area (TPSA) is 92.2 Å². The molecule has 3 aromatic rings. The average Bonchev–Trinajstić information content (AvgIpc) is 3.51. The third-order valence-corrected chi connectivity index (χ3v) is 6.91. The molecular weight excluding hydrogens is 458 g/mol. The molecule has 1 aromatic heterocycles. The molecule has 36 heavy (non-hydrogen) atoms. The van der Waals surface area contributed by atoms with E-state index >= 15 is 0 Å². The summed E-state index contributed by atoms with van der Waals surface area (Å²) in [6.45, 7) is 2.10. The molecule has 0 radical (unpaired) electrons. The fraction of sp³-hybridized carbons (Fsp3) is 0.250. The summed E-state index contributed by atoms with van der Waals surface area (Å²) in [4.78, 5) is 34.9. The van der Waals surface area contributed by atoms with E-state index in [-0.39, 0.29) is 18.1 Å². The van der Waals surface area contributed by atoms with Gasteiger partial charge in [-0.3, -0.25) is 19.5 Å². The van der Waals surface area contributed by atoms with Gasteiger partial charge in [0.15, 0.2) is 11.5 Å². The molecular formula is C28H25N3O5. The molecule has 1 N–H and O–H groups in total. The van der Waals surface area contributed by atoms with E-state index in [1.165, 1.54) is 11.3 Å². The summed E-state index contributed by atoms with van der Waals surface area (Å²) >= 11 is 0. The number of fused-ring (bicyclic) bond motifs is 1. The van der Waals surface area contributed by atoms with Crippen LogP contribution in [0.3, 0.4) is 0 Å². The van der Waals surface area contributed by atoms with E-state index in [0.29, 0.717) is 28.4 Å². The number of aliphatic hydroxyl groups is 1. The fourth-order valence-corrected chi connectivity index (χ4v) is 5.09. The quantitative estimate of drug-likeness (QED) is 0.333. The van der Waals surface area contributed by atoms with Crippen molar-refractivity contribution in [3.05, 3.63) is 83.7 Å². The second kappa shape index (κ2) is 9.03. The number of aromatic nitrogens is 1. The minimum atomic E-state index is -0.877. The van der Waals surface area contributed by atoms with Gasteiger partial charge in [-0.15, -0.1) is 0 Å². The van der Waals surface area contributed by atoms with Gasteiger partial charge in [-0.25, -0.2) is 0 Å². The molecule has 0 spiro atoms. The maximum Gasteiger partial charge on any atom is 0.300 e. The van der Waals surface area contributed by atoms with E-state index in [9.17, 15) is 14.7 Å². The van der Waals surface area contributed by atoms with E-state index in [1.54, 1.807) is 42.6 Å². The van der Waals surface area contributed by atoms with Gasteiger partial charge in [0.1, 0.15) is 11.8 Å². The van der Waals surface area contributed by atoms with Crippen LogP contribution in [0, 0.1) is 0 Å². The summed E-state index contributed by atoms with van der Waals surface area (Å²) in [5.41, 5.74) is 2.48. The molecule has 3 aliphatic heterocycles. The SMILES string of the molecule is O=C1C(=O)N(c2ccc(N3CCCCC3)cc2)C(c2ccccn2)/C1=C(/O)c1ccc2c(c1)OCO2. The third kappa shape index (κ3) is 3.75. The van der Waals surface area contributed by atoms with Crippen molar-refractivity contribution < 1.29 is 24.2 Å². The lowest BCUT2D eigenvalue weighted by molar-refractivity contribution is -0.132. The Kier molecular flexibility index (Phi) is 5.56. The normalized spacial score (nSPS) is 20.7. The number of Topliss-reactive ketones (excluding diaryl/α,β-unsaturated/α-hetero) is 1. The molecule has 3 aliphatic rings. The minimum Gasteiger partial charge on any atom is -0.507 e. The number of aliphatic hydroxyl groups excluding tert-OH is 1. The van der Waals surface area contributed by atoms with Crippen molar-refractivity contribution in [3.8, 4) is 11.5 Å². The average molecular weight is 484 g/mol. The maximum absolute atomic E-state index is 13.4. The van der Waals surface area contributed by atoms with Gasteiger partial charge in [-0.05, 0) is 73.9 Å². The van der Waals surface area contributed by atoms with Crippen LogP contribution in [-0.4, -0.2) is 41.7 Å². The molecule has 6 rings (SSSR count). The number of benzene rings is 2. The van der Waals surface area contributed by atoms with Crippen LogP contribution in [-0.2, 0) is 9.59 Å². The van der Waals surface area contributed by atoms with Crippen molar-refractivity contribution in [2.75, 3.05) is 29.7 Å². The van der Waals surface area contributed by atoms with Gasteiger partial charge in [0.25, 0.3) is 11.7 Å². The number of rotatable bonds is 4. The zero-order valence-electron chi connectivity index (χ0n) is 19.6. The van der Waals surface area contributed by atoms with Crippen molar-refractivity contribution in [2.24, 2.45) is 0 Å². The lowest BCUT2D eigenvalue weighted by atomic mass is 9.98. The highest BCUT2D eigenvalue weighted by atomic mass is 16.7. The third-order valence-electron chi connectivity index (χ3n) is 6.91. The van der Waals surface area contributed by atoms with Crippen LogP contribution in [0.4, 0.5) is 11.4 Å².